The van der Waals surface area contributed by atoms with E-state index in [4.69, 9.17) is 10.5 Å². The Hall–Kier alpha value is -2.81. The number of aromatic amines is 1. The summed E-state index contributed by atoms with van der Waals surface area (Å²) >= 11 is 0. The van der Waals surface area contributed by atoms with Crippen LogP contribution in [-0.4, -0.2) is 70.7 Å². The monoisotopic (exact) mass is 361 g/mol. The maximum absolute atomic E-state index is 12.8. The molecule has 1 fully saturated rings. The van der Waals surface area contributed by atoms with Crippen LogP contribution >= 0.6 is 0 Å². The lowest BCUT2D eigenvalue weighted by Gasteiger charge is -2.34. The molecule has 0 aliphatic carbocycles. The molecule has 0 radical (unpaired) electrons. The predicted octanol–water partition coefficient (Wildman–Crippen LogP) is 0.203. The standard InChI is InChI=1S/C17H23N5O4/c1-2-26-17(25)21-9-7-20(8-10-21)15(23)12-3-4-13-14(11-12)22(6-5-18)16(24)19-13/h3-4,11H,2,5-10,18H2,1H3,(H,19,24). The van der Waals surface area contributed by atoms with Crippen molar-refractivity contribution in [2.24, 2.45) is 5.73 Å². The summed E-state index contributed by atoms with van der Waals surface area (Å²) in [4.78, 5) is 42.6. The van der Waals surface area contributed by atoms with Crippen molar-refractivity contribution in [2.45, 2.75) is 13.5 Å². The quantitative estimate of drug-likeness (QED) is 0.808. The fourth-order valence-corrected chi connectivity index (χ4v) is 3.13. The van der Waals surface area contributed by atoms with Crippen LogP contribution < -0.4 is 11.4 Å². The zero-order chi connectivity index (χ0) is 18.7. The zero-order valence-electron chi connectivity index (χ0n) is 14.7. The van der Waals surface area contributed by atoms with E-state index in [1.165, 1.54) is 4.57 Å². The van der Waals surface area contributed by atoms with Gasteiger partial charge in [-0.1, -0.05) is 0 Å². The zero-order valence-corrected chi connectivity index (χ0v) is 14.7. The first kappa shape index (κ1) is 18.0. The van der Waals surface area contributed by atoms with E-state index in [-0.39, 0.29) is 17.7 Å². The number of H-pyrrole nitrogens is 1. The van der Waals surface area contributed by atoms with Gasteiger partial charge in [0, 0.05) is 44.8 Å². The van der Waals surface area contributed by atoms with E-state index in [1.807, 2.05) is 0 Å². The first-order valence-electron chi connectivity index (χ1n) is 8.68. The maximum atomic E-state index is 12.8. The highest BCUT2D eigenvalue weighted by Gasteiger charge is 2.25. The van der Waals surface area contributed by atoms with Gasteiger partial charge in [0.25, 0.3) is 5.91 Å². The normalized spacial score (nSPS) is 14.7. The number of carbonyl (C=O) groups is 2. The molecule has 1 aromatic carbocycles. The molecule has 3 rings (SSSR count). The third kappa shape index (κ3) is 3.43. The lowest BCUT2D eigenvalue weighted by atomic mass is 10.1. The lowest BCUT2D eigenvalue weighted by Crippen LogP contribution is -2.50. The molecule has 0 unspecified atom stereocenters. The number of piperazine rings is 1. The molecule has 1 aliphatic heterocycles. The lowest BCUT2D eigenvalue weighted by molar-refractivity contribution is 0.0570. The van der Waals surface area contributed by atoms with E-state index < -0.39 is 0 Å². The number of hydrogen-bond acceptors (Lipinski definition) is 5. The predicted molar refractivity (Wildman–Crippen MR) is 96.1 cm³/mol. The second-order valence-electron chi connectivity index (χ2n) is 6.08. The highest BCUT2D eigenvalue weighted by atomic mass is 16.6. The van der Waals surface area contributed by atoms with Crippen LogP contribution in [0.15, 0.2) is 23.0 Å². The summed E-state index contributed by atoms with van der Waals surface area (Å²) in [5.74, 6) is -0.122. The van der Waals surface area contributed by atoms with Gasteiger partial charge in [-0.3, -0.25) is 9.36 Å². The molecular formula is C17H23N5O4. The molecule has 2 aromatic rings. The summed E-state index contributed by atoms with van der Waals surface area (Å²) < 4.78 is 6.52. The number of nitrogens with two attached hydrogens (primary N) is 1. The highest BCUT2D eigenvalue weighted by Crippen LogP contribution is 2.16. The summed E-state index contributed by atoms with van der Waals surface area (Å²) in [6, 6.07) is 5.14. The van der Waals surface area contributed by atoms with E-state index in [0.29, 0.717) is 62.5 Å². The highest BCUT2D eigenvalue weighted by molar-refractivity contribution is 5.97. The molecule has 0 saturated carbocycles. The second-order valence-corrected chi connectivity index (χ2v) is 6.08. The van der Waals surface area contributed by atoms with Crippen molar-refractivity contribution >= 4 is 23.0 Å². The number of benzene rings is 1. The van der Waals surface area contributed by atoms with Crippen LogP contribution in [-0.2, 0) is 11.3 Å². The number of nitrogens with one attached hydrogen (secondary N) is 1. The first-order valence-corrected chi connectivity index (χ1v) is 8.68. The number of rotatable bonds is 4. The van der Waals surface area contributed by atoms with Gasteiger partial charge in [0.1, 0.15) is 0 Å². The van der Waals surface area contributed by atoms with Gasteiger partial charge in [-0.25, -0.2) is 9.59 Å². The number of amides is 2. The minimum atomic E-state index is -0.348. The second kappa shape index (κ2) is 7.61. The van der Waals surface area contributed by atoms with Crippen molar-refractivity contribution in [2.75, 3.05) is 39.3 Å². The third-order valence-electron chi connectivity index (χ3n) is 4.47. The van der Waals surface area contributed by atoms with E-state index in [1.54, 1.807) is 34.9 Å². The molecule has 2 amide bonds. The Morgan fingerprint density at radius 2 is 1.88 bits per heavy atom. The number of fused-ring (bicyclic) bond motifs is 1. The van der Waals surface area contributed by atoms with E-state index in [2.05, 4.69) is 4.98 Å². The van der Waals surface area contributed by atoms with Crippen molar-refractivity contribution in [3.63, 3.8) is 0 Å². The van der Waals surface area contributed by atoms with Crippen LogP contribution in [0.3, 0.4) is 0 Å². The molecule has 0 bridgehead atoms. The average molecular weight is 361 g/mol. The molecule has 3 N–H and O–H groups in total. The van der Waals surface area contributed by atoms with Crippen LogP contribution in [0.1, 0.15) is 17.3 Å². The summed E-state index contributed by atoms with van der Waals surface area (Å²) in [6.45, 7) is 4.58. The Balaban J connectivity index is 1.75. The molecule has 9 nitrogen and oxygen atoms in total. The maximum Gasteiger partial charge on any atom is 0.409 e. The van der Waals surface area contributed by atoms with Crippen molar-refractivity contribution in [1.82, 2.24) is 19.4 Å². The average Bonchev–Trinajstić information content (AvgIpc) is 2.96. The molecule has 1 saturated heterocycles. The van der Waals surface area contributed by atoms with E-state index >= 15 is 0 Å². The summed E-state index contributed by atoms with van der Waals surface area (Å²) in [6.07, 6.45) is -0.348. The van der Waals surface area contributed by atoms with E-state index in [0.717, 1.165) is 0 Å². The van der Waals surface area contributed by atoms with Crippen molar-refractivity contribution < 1.29 is 14.3 Å². The Labute approximate surface area is 150 Å². The van der Waals surface area contributed by atoms with Crippen LogP contribution in [0.5, 0.6) is 0 Å². The van der Waals surface area contributed by atoms with Gasteiger partial charge >= 0.3 is 11.8 Å². The molecule has 140 valence electrons. The molecule has 9 heteroatoms. The molecule has 26 heavy (non-hydrogen) atoms. The van der Waals surface area contributed by atoms with Crippen molar-refractivity contribution in [3.8, 4) is 0 Å². The van der Waals surface area contributed by atoms with Crippen molar-refractivity contribution in [3.05, 3.63) is 34.2 Å². The van der Waals surface area contributed by atoms with Gasteiger partial charge < -0.3 is 25.3 Å². The van der Waals surface area contributed by atoms with E-state index in [9.17, 15) is 14.4 Å². The Morgan fingerprint density at radius 1 is 1.19 bits per heavy atom. The molecule has 1 aromatic heterocycles. The SMILES string of the molecule is CCOC(=O)N1CCN(C(=O)c2ccc3[nH]c(=O)n(CCN)c3c2)CC1. The summed E-state index contributed by atoms with van der Waals surface area (Å²) in [5, 5.41) is 0. The van der Waals surface area contributed by atoms with Gasteiger partial charge in [0.15, 0.2) is 0 Å². The van der Waals surface area contributed by atoms with Crippen LogP contribution in [0.2, 0.25) is 0 Å². The Kier molecular flexibility index (Phi) is 5.27. The fourth-order valence-electron chi connectivity index (χ4n) is 3.13. The molecular weight excluding hydrogens is 338 g/mol. The smallest absolute Gasteiger partial charge is 0.409 e. The minimum absolute atomic E-state index is 0.122. The van der Waals surface area contributed by atoms with Gasteiger partial charge in [-0.05, 0) is 25.1 Å². The Bertz CT molecular complexity index is 864. The summed E-state index contributed by atoms with van der Waals surface area (Å²) in [5.41, 5.74) is 7.17. The number of hydrogen-bond donors (Lipinski definition) is 2. The molecule has 2 heterocycles. The molecule has 0 spiro atoms. The molecule has 1 aliphatic rings. The van der Waals surface area contributed by atoms with Gasteiger partial charge in [-0.15, -0.1) is 0 Å². The Morgan fingerprint density at radius 3 is 2.54 bits per heavy atom. The van der Waals surface area contributed by atoms with Crippen LogP contribution in [0.25, 0.3) is 11.0 Å². The van der Waals surface area contributed by atoms with Gasteiger partial charge in [0.2, 0.25) is 0 Å². The number of ether oxygens (including phenoxy) is 1. The molecule has 0 atom stereocenters. The van der Waals surface area contributed by atoms with Gasteiger partial charge in [-0.2, -0.15) is 0 Å². The number of carbonyl (C=O) groups excluding carboxylic acids is 2. The number of aromatic nitrogens is 2. The van der Waals surface area contributed by atoms with Crippen LogP contribution in [0.4, 0.5) is 4.79 Å². The topological polar surface area (TPSA) is 114 Å². The minimum Gasteiger partial charge on any atom is -0.450 e. The van der Waals surface area contributed by atoms with Gasteiger partial charge in [0.05, 0.1) is 17.6 Å². The summed E-state index contributed by atoms with van der Waals surface area (Å²) in [7, 11) is 0. The van der Waals surface area contributed by atoms with Crippen LogP contribution in [0, 0.1) is 0 Å². The van der Waals surface area contributed by atoms with Crippen molar-refractivity contribution in [1.29, 1.82) is 0 Å². The largest absolute Gasteiger partial charge is 0.450 e. The number of nitrogens with zero attached hydrogens (tertiary/aromatic N) is 3. The third-order valence-corrected chi connectivity index (χ3v) is 4.47. The number of imidazole rings is 1. The first-order chi connectivity index (χ1) is 12.5. The fraction of sp³-hybridized carbons (Fsp3) is 0.471.